The second-order valence-electron chi connectivity index (χ2n) is 2.56. The third-order valence-electron chi connectivity index (χ3n) is 1.16. The maximum Gasteiger partial charge on any atom is 0.215 e. The zero-order chi connectivity index (χ0) is 9.07. The Labute approximate surface area is 67.3 Å². The van der Waals surface area contributed by atoms with Crippen LogP contribution in [0.25, 0.3) is 0 Å². The van der Waals surface area contributed by atoms with E-state index in [0.29, 0.717) is 0 Å². The number of nitriles is 1. The topological polar surface area (TPSA) is 70.0 Å². The van der Waals surface area contributed by atoms with E-state index in [1.54, 1.807) is 19.9 Å². The quantitative estimate of drug-likeness (QED) is 0.669. The Hall–Kier alpha value is -0.600. The molecule has 0 aliphatic carbocycles. The van der Waals surface area contributed by atoms with Gasteiger partial charge in [0.2, 0.25) is 10.0 Å². The SMILES string of the molecule is CC(C#N)NS(=O)(=O)C(C)C. The molecule has 0 fully saturated rings. The van der Waals surface area contributed by atoms with E-state index < -0.39 is 21.3 Å². The number of hydrogen-bond acceptors (Lipinski definition) is 3. The molecule has 11 heavy (non-hydrogen) atoms. The van der Waals surface area contributed by atoms with E-state index in [2.05, 4.69) is 4.72 Å². The van der Waals surface area contributed by atoms with Crippen molar-refractivity contribution in [3.8, 4) is 6.07 Å². The molecule has 0 aromatic carbocycles. The number of nitrogens with one attached hydrogen (secondary N) is 1. The summed E-state index contributed by atoms with van der Waals surface area (Å²) in [7, 11) is -3.28. The molecule has 0 rings (SSSR count). The minimum atomic E-state index is -3.28. The number of sulfonamides is 1. The van der Waals surface area contributed by atoms with Crippen molar-refractivity contribution >= 4 is 10.0 Å². The molecule has 0 saturated heterocycles. The van der Waals surface area contributed by atoms with Crippen molar-refractivity contribution in [1.82, 2.24) is 4.72 Å². The zero-order valence-electron chi connectivity index (χ0n) is 6.83. The summed E-state index contributed by atoms with van der Waals surface area (Å²) in [5, 5.41) is 7.82. The summed E-state index contributed by atoms with van der Waals surface area (Å²) >= 11 is 0. The van der Waals surface area contributed by atoms with Crippen molar-refractivity contribution in [2.75, 3.05) is 0 Å². The Kier molecular flexibility index (Phi) is 3.49. The molecule has 0 aliphatic rings. The lowest BCUT2D eigenvalue weighted by Gasteiger charge is -2.09. The second-order valence-corrected chi connectivity index (χ2v) is 4.83. The lowest BCUT2D eigenvalue weighted by atomic mass is 10.4. The molecule has 0 spiro atoms. The maximum atomic E-state index is 11.0. The number of rotatable bonds is 3. The van der Waals surface area contributed by atoms with Gasteiger partial charge in [0.25, 0.3) is 0 Å². The van der Waals surface area contributed by atoms with Gasteiger partial charge in [-0.25, -0.2) is 8.42 Å². The van der Waals surface area contributed by atoms with E-state index >= 15 is 0 Å². The van der Waals surface area contributed by atoms with Gasteiger partial charge >= 0.3 is 0 Å². The lowest BCUT2D eigenvalue weighted by Crippen LogP contribution is -2.36. The van der Waals surface area contributed by atoms with Crippen molar-refractivity contribution in [3.05, 3.63) is 0 Å². The predicted octanol–water partition coefficient (Wildman–Crippen LogP) is 0.226. The fraction of sp³-hybridized carbons (Fsp3) is 0.833. The molecular formula is C6H12N2O2S. The van der Waals surface area contributed by atoms with Crippen molar-refractivity contribution in [1.29, 1.82) is 5.26 Å². The second kappa shape index (κ2) is 3.69. The summed E-state index contributed by atoms with van der Waals surface area (Å²) in [6.45, 7) is 4.62. The summed E-state index contributed by atoms with van der Waals surface area (Å²) in [5.41, 5.74) is 0. The van der Waals surface area contributed by atoms with Crippen LogP contribution in [0, 0.1) is 11.3 Å². The smallest absolute Gasteiger partial charge is 0.212 e. The summed E-state index contributed by atoms with van der Waals surface area (Å²) in [5.74, 6) is 0. The van der Waals surface area contributed by atoms with Crippen molar-refractivity contribution in [3.63, 3.8) is 0 Å². The van der Waals surface area contributed by atoms with Gasteiger partial charge in [0, 0.05) is 0 Å². The number of hydrogen-bond donors (Lipinski definition) is 1. The van der Waals surface area contributed by atoms with Crippen molar-refractivity contribution in [2.24, 2.45) is 0 Å². The van der Waals surface area contributed by atoms with Crippen LogP contribution in [0.1, 0.15) is 20.8 Å². The summed E-state index contributed by atoms with van der Waals surface area (Å²) in [6.07, 6.45) is 0. The molecule has 64 valence electrons. The first-order valence-electron chi connectivity index (χ1n) is 3.31. The predicted molar refractivity (Wildman–Crippen MR) is 42.3 cm³/mol. The van der Waals surface area contributed by atoms with Crippen molar-refractivity contribution < 1.29 is 8.42 Å². The fourth-order valence-electron chi connectivity index (χ4n) is 0.409. The highest BCUT2D eigenvalue weighted by Crippen LogP contribution is 1.96. The summed E-state index contributed by atoms with van der Waals surface area (Å²) < 4.78 is 24.3. The largest absolute Gasteiger partial charge is 0.215 e. The normalized spacial score (nSPS) is 14.5. The molecule has 5 heteroatoms. The molecular weight excluding hydrogens is 164 g/mol. The molecule has 4 nitrogen and oxygen atoms in total. The van der Waals surface area contributed by atoms with Crippen LogP contribution in [0.5, 0.6) is 0 Å². The zero-order valence-corrected chi connectivity index (χ0v) is 7.64. The van der Waals surface area contributed by atoms with Gasteiger partial charge in [-0.3, -0.25) is 0 Å². The Morgan fingerprint density at radius 2 is 1.82 bits per heavy atom. The van der Waals surface area contributed by atoms with E-state index in [0.717, 1.165) is 0 Å². The minimum Gasteiger partial charge on any atom is -0.212 e. The van der Waals surface area contributed by atoms with Crippen LogP contribution in [0.4, 0.5) is 0 Å². The maximum absolute atomic E-state index is 11.0. The average Bonchev–Trinajstić information content (AvgIpc) is 1.86. The highest BCUT2D eigenvalue weighted by Gasteiger charge is 2.17. The molecule has 0 heterocycles. The van der Waals surface area contributed by atoms with Gasteiger partial charge in [0.15, 0.2) is 0 Å². The van der Waals surface area contributed by atoms with Gasteiger partial charge < -0.3 is 0 Å². The third kappa shape index (κ3) is 3.35. The molecule has 0 bridgehead atoms. The van der Waals surface area contributed by atoms with Crippen LogP contribution < -0.4 is 4.72 Å². The Morgan fingerprint density at radius 3 is 2.09 bits per heavy atom. The van der Waals surface area contributed by atoms with Crippen molar-refractivity contribution in [2.45, 2.75) is 32.1 Å². The fourth-order valence-corrected chi connectivity index (χ4v) is 1.23. The highest BCUT2D eigenvalue weighted by atomic mass is 32.2. The minimum absolute atomic E-state index is 0.488. The average molecular weight is 176 g/mol. The Bertz CT molecular complexity index is 250. The van der Waals surface area contributed by atoms with Gasteiger partial charge in [-0.2, -0.15) is 9.98 Å². The number of nitrogens with zero attached hydrogens (tertiary/aromatic N) is 1. The lowest BCUT2D eigenvalue weighted by molar-refractivity contribution is 0.568. The molecule has 1 unspecified atom stereocenters. The summed E-state index contributed by atoms with van der Waals surface area (Å²) in [4.78, 5) is 0. The van der Waals surface area contributed by atoms with Crippen LogP contribution in [-0.2, 0) is 10.0 Å². The van der Waals surface area contributed by atoms with Gasteiger partial charge in [-0.1, -0.05) is 0 Å². The van der Waals surface area contributed by atoms with Crippen LogP contribution in [0.3, 0.4) is 0 Å². The molecule has 0 aromatic rings. The molecule has 0 aromatic heterocycles. The van der Waals surface area contributed by atoms with Crippen LogP contribution in [0.15, 0.2) is 0 Å². The first-order chi connectivity index (χ1) is 4.90. The first kappa shape index (κ1) is 10.4. The summed E-state index contributed by atoms with van der Waals surface area (Å²) in [6, 6.07) is 1.14. The van der Waals surface area contributed by atoms with E-state index in [9.17, 15) is 8.42 Å². The van der Waals surface area contributed by atoms with Gasteiger partial charge in [0.05, 0.1) is 11.3 Å². The molecule has 0 aliphatic heterocycles. The Balaban J connectivity index is 4.29. The van der Waals surface area contributed by atoms with Gasteiger partial charge in [-0.05, 0) is 20.8 Å². The monoisotopic (exact) mass is 176 g/mol. The van der Waals surface area contributed by atoms with Gasteiger partial charge in [-0.15, -0.1) is 0 Å². The molecule has 1 atom stereocenters. The first-order valence-corrected chi connectivity index (χ1v) is 4.85. The highest BCUT2D eigenvalue weighted by molar-refractivity contribution is 7.90. The molecule has 0 saturated carbocycles. The third-order valence-corrected chi connectivity index (χ3v) is 3.08. The van der Waals surface area contributed by atoms with Gasteiger partial charge in [0.1, 0.15) is 6.04 Å². The van der Waals surface area contributed by atoms with E-state index in [-0.39, 0.29) is 0 Å². The standard InChI is InChI=1S/C6H12N2O2S/c1-5(2)11(9,10)8-6(3)4-7/h5-6,8H,1-3H3. The van der Waals surface area contributed by atoms with E-state index in [1.807, 2.05) is 0 Å². The van der Waals surface area contributed by atoms with Crippen LogP contribution in [0.2, 0.25) is 0 Å². The van der Waals surface area contributed by atoms with Crippen LogP contribution >= 0.6 is 0 Å². The Morgan fingerprint density at radius 1 is 1.36 bits per heavy atom. The molecule has 1 N–H and O–H groups in total. The van der Waals surface area contributed by atoms with Crippen LogP contribution in [-0.4, -0.2) is 19.7 Å². The molecule has 0 amide bonds. The molecule has 0 radical (unpaired) electrons. The van der Waals surface area contributed by atoms with E-state index in [1.165, 1.54) is 6.92 Å². The van der Waals surface area contributed by atoms with E-state index in [4.69, 9.17) is 5.26 Å².